The highest BCUT2D eigenvalue weighted by Gasteiger charge is 2.13. The van der Waals surface area contributed by atoms with Gasteiger partial charge in [0.05, 0.1) is 0 Å². The standard InChI is InChI=1S/C21H14Cl3NO2/c22-16-7-5-14(6-8-16)20(26)13-3-1-12(2-4-13)9-17-18(23)10-15(21(25)27)11-19(17)24/h1-8,10-11H,9H2,(H2,25,27). The minimum absolute atomic E-state index is 0.0832. The number of nitrogens with two attached hydrogens (primary N) is 1. The second-order valence-electron chi connectivity index (χ2n) is 5.99. The Balaban J connectivity index is 1.81. The number of amides is 1. The van der Waals surface area contributed by atoms with E-state index in [2.05, 4.69) is 0 Å². The third kappa shape index (κ3) is 4.51. The van der Waals surface area contributed by atoms with Crippen LogP contribution >= 0.6 is 34.8 Å². The second-order valence-corrected chi connectivity index (χ2v) is 7.24. The molecule has 0 fully saturated rings. The van der Waals surface area contributed by atoms with Gasteiger partial charge in [-0.15, -0.1) is 0 Å². The predicted molar refractivity (Wildman–Crippen MR) is 109 cm³/mol. The third-order valence-electron chi connectivity index (χ3n) is 4.13. The molecule has 0 radical (unpaired) electrons. The molecule has 0 unspecified atom stereocenters. The SMILES string of the molecule is NC(=O)c1cc(Cl)c(Cc2ccc(C(=O)c3ccc(Cl)cc3)cc2)c(Cl)c1. The molecule has 0 aliphatic rings. The van der Waals surface area contributed by atoms with Gasteiger partial charge in [-0.2, -0.15) is 0 Å². The van der Waals surface area contributed by atoms with Gasteiger partial charge in [-0.25, -0.2) is 0 Å². The first-order chi connectivity index (χ1) is 12.8. The van der Waals surface area contributed by atoms with Gasteiger partial charge in [0, 0.05) is 38.2 Å². The highest BCUT2D eigenvalue weighted by atomic mass is 35.5. The lowest BCUT2D eigenvalue weighted by Crippen LogP contribution is -2.11. The fourth-order valence-corrected chi connectivity index (χ4v) is 3.41. The molecule has 6 heteroatoms. The maximum absolute atomic E-state index is 12.5. The molecule has 2 N–H and O–H groups in total. The number of hydrogen-bond acceptors (Lipinski definition) is 2. The van der Waals surface area contributed by atoms with Gasteiger partial charge in [0.2, 0.25) is 5.91 Å². The Labute approximate surface area is 171 Å². The lowest BCUT2D eigenvalue weighted by atomic mass is 9.99. The van der Waals surface area contributed by atoms with Crippen molar-refractivity contribution in [2.75, 3.05) is 0 Å². The van der Waals surface area contributed by atoms with Gasteiger partial charge in [-0.3, -0.25) is 9.59 Å². The fraction of sp³-hybridized carbons (Fsp3) is 0.0476. The zero-order chi connectivity index (χ0) is 19.6. The van der Waals surface area contributed by atoms with Crippen LogP contribution in [0.3, 0.4) is 0 Å². The van der Waals surface area contributed by atoms with E-state index >= 15 is 0 Å². The Bertz CT molecular complexity index is 990. The van der Waals surface area contributed by atoms with Crippen LogP contribution < -0.4 is 5.73 Å². The van der Waals surface area contributed by atoms with Gasteiger partial charge in [0.25, 0.3) is 0 Å². The molecule has 3 aromatic rings. The van der Waals surface area contributed by atoms with Gasteiger partial charge in [0.1, 0.15) is 0 Å². The molecule has 0 heterocycles. The van der Waals surface area contributed by atoms with Crippen molar-refractivity contribution in [1.82, 2.24) is 0 Å². The van der Waals surface area contributed by atoms with E-state index in [9.17, 15) is 9.59 Å². The van der Waals surface area contributed by atoms with Crippen LogP contribution in [0.5, 0.6) is 0 Å². The molecule has 27 heavy (non-hydrogen) atoms. The number of primary amides is 1. The molecule has 136 valence electrons. The summed E-state index contributed by atoms with van der Waals surface area (Å²) < 4.78 is 0. The monoisotopic (exact) mass is 417 g/mol. The van der Waals surface area contributed by atoms with Gasteiger partial charge in [-0.05, 0) is 47.5 Å². The Morgan fingerprint density at radius 1 is 0.741 bits per heavy atom. The molecule has 0 aromatic heterocycles. The van der Waals surface area contributed by atoms with Crippen LogP contribution in [0.4, 0.5) is 0 Å². The van der Waals surface area contributed by atoms with Crippen LogP contribution in [0.25, 0.3) is 0 Å². The Hall–Kier alpha value is -2.33. The van der Waals surface area contributed by atoms with E-state index in [0.29, 0.717) is 38.2 Å². The van der Waals surface area contributed by atoms with Gasteiger partial charge >= 0.3 is 0 Å². The Morgan fingerprint density at radius 2 is 1.22 bits per heavy atom. The van der Waals surface area contributed by atoms with Crippen LogP contribution in [0.2, 0.25) is 15.1 Å². The molecule has 0 atom stereocenters. The highest BCUT2D eigenvalue weighted by molar-refractivity contribution is 6.36. The zero-order valence-corrected chi connectivity index (χ0v) is 16.3. The van der Waals surface area contributed by atoms with Gasteiger partial charge in [-0.1, -0.05) is 59.1 Å². The maximum atomic E-state index is 12.5. The van der Waals surface area contributed by atoms with Crippen molar-refractivity contribution in [2.24, 2.45) is 5.73 Å². The van der Waals surface area contributed by atoms with Crippen molar-refractivity contribution in [2.45, 2.75) is 6.42 Å². The fourth-order valence-electron chi connectivity index (χ4n) is 2.66. The smallest absolute Gasteiger partial charge is 0.248 e. The van der Waals surface area contributed by atoms with E-state index < -0.39 is 5.91 Å². The Kier molecular flexibility index (Phi) is 5.85. The lowest BCUT2D eigenvalue weighted by molar-refractivity contribution is 0.0998. The summed E-state index contributed by atoms with van der Waals surface area (Å²) in [7, 11) is 0. The average Bonchev–Trinajstić information content (AvgIpc) is 2.65. The summed E-state index contributed by atoms with van der Waals surface area (Å²) in [6.07, 6.45) is 0.464. The quantitative estimate of drug-likeness (QED) is 0.551. The molecular weight excluding hydrogens is 405 g/mol. The van der Waals surface area contributed by atoms with Gasteiger partial charge < -0.3 is 5.73 Å². The summed E-state index contributed by atoms with van der Waals surface area (Å²) in [6, 6.07) is 17.0. The largest absolute Gasteiger partial charge is 0.366 e. The molecule has 0 bridgehead atoms. The molecule has 0 saturated carbocycles. The molecule has 3 aromatic carbocycles. The molecule has 0 saturated heterocycles. The van der Waals surface area contributed by atoms with Crippen LogP contribution in [0.15, 0.2) is 60.7 Å². The molecule has 0 aliphatic heterocycles. The Morgan fingerprint density at radius 3 is 1.70 bits per heavy atom. The number of hydrogen-bond donors (Lipinski definition) is 1. The van der Waals surface area contributed by atoms with Crippen molar-refractivity contribution in [3.8, 4) is 0 Å². The first kappa shape index (κ1) is 19.4. The summed E-state index contributed by atoms with van der Waals surface area (Å²) in [5.74, 6) is -0.671. The third-order valence-corrected chi connectivity index (χ3v) is 5.06. The average molecular weight is 419 g/mol. The number of benzene rings is 3. The number of ketones is 1. The van der Waals surface area contributed by atoms with Crippen molar-refractivity contribution < 1.29 is 9.59 Å². The maximum Gasteiger partial charge on any atom is 0.248 e. The summed E-state index contributed by atoms with van der Waals surface area (Å²) in [4.78, 5) is 23.8. The van der Waals surface area contributed by atoms with Crippen LogP contribution in [0, 0.1) is 0 Å². The van der Waals surface area contributed by atoms with Crippen molar-refractivity contribution >= 4 is 46.5 Å². The summed E-state index contributed by atoms with van der Waals surface area (Å²) in [5, 5.41) is 1.33. The molecule has 0 aliphatic carbocycles. The summed E-state index contributed by atoms with van der Waals surface area (Å²) >= 11 is 18.3. The molecular formula is C21H14Cl3NO2. The molecule has 3 rings (SSSR count). The van der Waals surface area contributed by atoms with Crippen molar-refractivity contribution in [1.29, 1.82) is 0 Å². The van der Waals surface area contributed by atoms with Crippen molar-refractivity contribution in [3.05, 3.63) is 104 Å². The normalized spacial score (nSPS) is 10.6. The summed E-state index contributed by atoms with van der Waals surface area (Å²) in [5.41, 5.74) is 8.29. The summed E-state index contributed by atoms with van der Waals surface area (Å²) in [6.45, 7) is 0. The lowest BCUT2D eigenvalue weighted by Gasteiger charge is -2.10. The number of rotatable bonds is 5. The van der Waals surface area contributed by atoms with E-state index in [0.717, 1.165) is 5.56 Å². The molecule has 1 amide bonds. The highest BCUT2D eigenvalue weighted by Crippen LogP contribution is 2.29. The minimum Gasteiger partial charge on any atom is -0.366 e. The van der Waals surface area contributed by atoms with E-state index in [1.54, 1.807) is 36.4 Å². The topological polar surface area (TPSA) is 60.2 Å². The molecule has 3 nitrogen and oxygen atoms in total. The van der Waals surface area contributed by atoms with E-state index in [4.69, 9.17) is 40.5 Å². The minimum atomic E-state index is -0.588. The van der Waals surface area contributed by atoms with Crippen LogP contribution in [-0.4, -0.2) is 11.7 Å². The first-order valence-electron chi connectivity index (χ1n) is 8.02. The van der Waals surface area contributed by atoms with Crippen LogP contribution in [0.1, 0.15) is 37.4 Å². The van der Waals surface area contributed by atoms with Gasteiger partial charge in [0.15, 0.2) is 5.78 Å². The number of halogens is 3. The second kappa shape index (κ2) is 8.13. The predicted octanol–water partition coefficient (Wildman–Crippen LogP) is 5.57. The van der Waals surface area contributed by atoms with E-state index in [1.807, 2.05) is 12.1 Å². The molecule has 0 spiro atoms. The van der Waals surface area contributed by atoms with E-state index in [1.165, 1.54) is 12.1 Å². The first-order valence-corrected chi connectivity index (χ1v) is 9.15. The zero-order valence-electron chi connectivity index (χ0n) is 14.0. The number of carbonyl (C=O) groups is 2. The van der Waals surface area contributed by atoms with Crippen molar-refractivity contribution in [3.63, 3.8) is 0 Å². The van der Waals surface area contributed by atoms with Crippen LogP contribution in [-0.2, 0) is 6.42 Å². The van der Waals surface area contributed by atoms with E-state index in [-0.39, 0.29) is 11.3 Å². The number of carbonyl (C=O) groups excluding carboxylic acids is 2.